The van der Waals surface area contributed by atoms with Crippen molar-refractivity contribution in [2.45, 2.75) is 13.0 Å². The summed E-state index contributed by atoms with van der Waals surface area (Å²) in [5.41, 5.74) is 3.89. The van der Waals surface area contributed by atoms with Gasteiger partial charge in [-0.15, -0.1) is 0 Å². The number of hydrogen-bond acceptors (Lipinski definition) is 2. The fourth-order valence-corrected chi connectivity index (χ4v) is 2.47. The van der Waals surface area contributed by atoms with Crippen molar-refractivity contribution in [3.05, 3.63) is 90.3 Å². The zero-order valence-electron chi connectivity index (χ0n) is 12.9. The van der Waals surface area contributed by atoms with Gasteiger partial charge in [0.2, 0.25) is 0 Å². The molecule has 0 radical (unpaired) electrons. The lowest BCUT2D eigenvalue weighted by Gasteiger charge is -2.15. The van der Waals surface area contributed by atoms with Crippen molar-refractivity contribution in [3.8, 4) is 11.1 Å². The zero-order valence-corrected chi connectivity index (χ0v) is 12.9. The molecule has 0 saturated carbocycles. The third-order valence-electron chi connectivity index (χ3n) is 3.77. The highest BCUT2D eigenvalue weighted by atomic mass is 16.1. The van der Waals surface area contributed by atoms with E-state index in [2.05, 4.69) is 16.4 Å². The number of aromatic nitrogens is 1. The van der Waals surface area contributed by atoms with Crippen LogP contribution in [0, 0.1) is 0 Å². The fraction of sp³-hybridized carbons (Fsp3) is 0.100. The van der Waals surface area contributed by atoms with Gasteiger partial charge in [0, 0.05) is 18.0 Å². The number of nitrogens with zero attached hydrogens (tertiary/aromatic N) is 1. The minimum atomic E-state index is -0.0701. The summed E-state index contributed by atoms with van der Waals surface area (Å²) in [5.74, 6) is -0.0649. The number of rotatable bonds is 4. The van der Waals surface area contributed by atoms with Crippen LogP contribution in [0.25, 0.3) is 11.1 Å². The molecule has 0 aliphatic rings. The summed E-state index contributed by atoms with van der Waals surface area (Å²) in [6, 6.07) is 21.3. The molecule has 0 aliphatic carbocycles. The van der Waals surface area contributed by atoms with Crippen LogP contribution in [0.2, 0.25) is 0 Å². The Bertz CT molecular complexity index is 785. The first-order valence-corrected chi connectivity index (χ1v) is 7.60. The van der Waals surface area contributed by atoms with Crippen molar-refractivity contribution < 1.29 is 4.79 Å². The van der Waals surface area contributed by atoms with Gasteiger partial charge in [0.05, 0.1) is 6.04 Å². The van der Waals surface area contributed by atoms with Crippen LogP contribution in [0.5, 0.6) is 0 Å². The van der Waals surface area contributed by atoms with Gasteiger partial charge < -0.3 is 5.32 Å². The molecular weight excluding hydrogens is 284 g/mol. The second-order valence-corrected chi connectivity index (χ2v) is 5.43. The van der Waals surface area contributed by atoms with E-state index in [9.17, 15) is 4.79 Å². The van der Waals surface area contributed by atoms with Crippen LogP contribution in [0.15, 0.2) is 79.1 Å². The molecule has 3 aromatic rings. The normalized spacial score (nSPS) is 11.7. The standard InChI is InChI=1S/C20H18N2O/c1-15(22-20(23)16-7-3-2-4-8-16)17-9-5-10-18(13-17)19-11-6-12-21-14-19/h2-15H,1H3,(H,22,23). The first-order chi connectivity index (χ1) is 11.2. The van der Waals surface area contributed by atoms with Crippen molar-refractivity contribution in [2.24, 2.45) is 0 Å². The van der Waals surface area contributed by atoms with Gasteiger partial charge >= 0.3 is 0 Å². The largest absolute Gasteiger partial charge is 0.346 e. The first kappa shape index (κ1) is 15.0. The number of amides is 1. The van der Waals surface area contributed by atoms with Gasteiger partial charge in [-0.3, -0.25) is 9.78 Å². The fourth-order valence-electron chi connectivity index (χ4n) is 2.47. The Kier molecular flexibility index (Phi) is 4.48. The first-order valence-electron chi connectivity index (χ1n) is 7.60. The third-order valence-corrected chi connectivity index (χ3v) is 3.77. The predicted octanol–water partition coefficient (Wildman–Crippen LogP) is 4.24. The lowest BCUT2D eigenvalue weighted by molar-refractivity contribution is 0.0940. The van der Waals surface area contributed by atoms with E-state index in [4.69, 9.17) is 0 Å². The number of hydrogen-bond donors (Lipinski definition) is 1. The van der Waals surface area contributed by atoms with Crippen LogP contribution in [0.1, 0.15) is 28.9 Å². The Morgan fingerprint density at radius 1 is 0.957 bits per heavy atom. The third kappa shape index (κ3) is 3.64. The maximum Gasteiger partial charge on any atom is 0.251 e. The summed E-state index contributed by atoms with van der Waals surface area (Å²) < 4.78 is 0. The van der Waals surface area contributed by atoms with Gasteiger partial charge in [-0.05, 0) is 47.9 Å². The number of pyridine rings is 1. The van der Waals surface area contributed by atoms with Gasteiger partial charge in [0.1, 0.15) is 0 Å². The molecular formula is C20H18N2O. The molecule has 0 saturated heterocycles. The van der Waals surface area contributed by atoms with Crippen molar-refractivity contribution in [3.63, 3.8) is 0 Å². The molecule has 3 rings (SSSR count). The summed E-state index contributed by atoms with van der Waals surface area (Å²) in [6.45, 7) is 1.99. The smallest absolute Gasteiger partial charge is 0.251 e. The Labute approximate surface area is 136 Å². The molecule has 23 heavy (non-hydrogen) atoms. The van der Waals surface area contributed by atoms with Gasteiger partial charge in [0.15, 0.2) is 0 Å². The van der Waals surface area contributed by atoms with Crippen LogP contribution in [-0.4, -0.2) is 10.9 Å². The van der Waals surface area contributed by atoms with E-state index in [1.807, 2.05) is 73.8 Å². The van der Waals surface area contributed by atoms with Crippen LogP contribution < -0.4 is 5.32 Å². The highest BCUT2D eigenvalue weighted by Crippen LogP contribution is 2.22. The van der Waals surface area contributed by atoms with Crippen molar-refractivity contribution >= 4 is 5.91 Å². The van der Waals surface area contributed by atoms with Crippen LogP contribution in [0.4, 0.5) is 0 Å². The SMILES string of the molecule is CC(NC(=O)c1ccccc1)c1cccc(-c2cccnc2)c1. The van der Waals surface area contributed by atoms with E-state index in [1.165, 1.54) is 0 Å². The zero-order chi connectivity index (χ0) is 16.1. The van der Waals surface area contributed by atoms with Gasteiger partial charge in [0.25, 0.3) is 5.91 Å². The Morgan fingerprint density at radius 2 is 1.74 bits per heavy atom. The molecule has 1 unspecified atom stereocenters. The molecule has 1 amide bonds. The van der Waals surface area contributed by atoms with Crippen LogP contribution in [-0.2, 0) is 0 Å². The van der Waals surface area contributed by atoms with E-state index < -0.39 is 0 Å². The molecule has 1 atom stereocenters. The number of carbonyl (C=O) groups excluding carboxylic acids is 1. The average Bonchev–Trinajstić information content (AvgIpc) is 2.63. The van der Waals surface area contributed by atoms with Gasteiger partial charge in [-0.1, -0.05) is 42.5 Å². The molecule has 1 aromatic heterocycles. The van der Waals surface area contributed by atoms with Crippen LogP contribution >= 0.6 is 0 Å². The highest BCUT2D eigenvalue weighted by Gasteiger charge is 2.11. The lowest BCUT2D eigenvalue weighted by Crippen LogP contribution is -2.26. The number of nitrogens with one attached hydrogen (secondary N) is 1. The summed E-state index contributed by atoms with van der Waals surface area (Å²) in [5, 5.41) is 3.04. The Morgan fingerprint density at radius 3 is 2.48 bits per heavy atom. The molecule has 3 nitrogen and oxygen atoms in total. The summed E-state index contributed by atoms with van der Waals surface area (Å²) >= 11 is 0. The van der Waals surface area contributed by atoms with E-state index in [0.717, 1.165) is 16.7 Å². The Hall–Kier alpha value is -2.94. The topological polar surface area (TPSA) is 42.0 Å². The second kappa shape index (κ2) is 6.88. The van der Waals surface area contributed by atoms with Gasteiger partial charge in [-0.25, -0.2) is 0 Å². The number of benzene rings is 2. The minimum absolute atomic E-state index is 0.0649. The number of carbonyl (C=O) groups is 1. The monoisotopic (exact) mass is 302 g/mol. The molecule has 0 aliphatic heterocycles. The molecule has 3 heteroatoms. The van der Waals surface area contributed by atoms with Crippen LogP contribution in [0.3, 0.4) is 0 Å². The van der Waals surface area contributed by atoms with E-state index >= 15 is 0 Å². The lowest BCUT2D eigenvalue weighted by atomic mass is 10.0. The Balaban J connectivity index is 1.78. The second-order valence-electron chi connectivity index (χ2n) is 5.43. The molecule has 0 spiro atoms. The maximum absolute atomic E-state index is 12.3. The molecule has 2 aromatic carbocycles. The summed E-state index contributed by atoms with van der Waals surface area (Å²) in [4.78, 5) is 16.4. The molecule has 0 fully saturated rings. The quantitative estimate of drug-likeness (QED) is 0.783. The summed E-state index contributed by atoms with van der Waals surface area (Å²) in [6.07, 6.45) is 3.60. The van der Waals surface area contributed by atoms with E-state index in [0.29, 0.717) is 5.56 Å². The van der Waals surface area contributed by atoms with Crippen molar-refractivity contribution in [1.29, 1.82) is 0 Å². The van der Waals surface area contributed by atoms with Crippen molar-refractivity contribution in [1.82, 2.24) is 10.3 Å². The predicted molar refractivity (Wildman–Crippen MR) is 92.0 cm³/mol. The van der Waals surface area contributed by atoms with E-state index in [-0.39, 0.29) is 11.9 Å². The van der Waals surface area contributed by atoms with Crippen molar-refractivity contribution in [2.75, 3.05) is 0 Å². The maximum atomic E-state index is 12.3. The molecule has 0 bridgehead atoms. The molecule has 114 valence electrons. The summed E-state index contributed by atoms with van der Waals surface area (Å²) in [7, 11) is 0. The highest BCUT2D eigenvalue weighted by molar-refractivity contribution is 5.94. The van der Waals surface area contributed by atoms with Gasteiger partial charge in [-0.2, -0.15) is 0 Å². The molecule has 1 N–H and O–H groups in total. The molecule has 1 heterocycles. The minimum Gasteiger partial charge on any atom is -0.346 e. The average molecular weight is 302 g/mol. The van der Waals surface area contributed by atoms with E-state index in [1.54, 1.807) is 6.20 Å².